The number of carbonyl (C=O) groups excluding carboxylic acids is 1. The van der Waals surface area contributed by atoms with E-state index < -0.39 is 16.9 Å². The van der Waals surface area contributed by atoms with Gasteiger partial charge in [-0.15, -0.1) is 0 Å². The van der Waals surface area contributed by atoms with E-state index >= 15 is 0 Å². The van der Waals surface area contributed by atoms with Crippen LogP contribution in [0.1, 0.15) is 11.7 Å². The highest BCUT2D eigenvalue weighted by Crippen LogP contribution is 2.34. The van der Waals surface area contributed by atoms with Crippen molar-refractivity contribution in [2.24, 2.45) is 0 Å². The number of anilines is 1. The molecule has 6 nitrogen and oxygen atoms in total. The molecule has 0 aromatic heterocycles. The number of carbonyl (C=O) groups is 1. The predicted molar refractivity (Wildman–Crippen MR) is 87.0 cm³/mol. The van der Waals surface area contributed by atoms with Crippen LogP contribution in [-0.4, -0.2) is 10.8 Å². The molecule has 0 saturated carbocycles. The molecule has 1 aliphatic heterocycles. The number of nitrogens with one attached hydrogen (secondary N) is 1. The van der Waals surface area contributed by atoms with Gasteiger partial charge < -0.3 is 5.32 Å². The molecule has 0 radical (unpaired) electrons. The normalized spacial score (nSPS) is 16.8. The highest BCUT2D eigenvalue weighted by atomic mass is 35.5. The molecule has 1 amide bonds. The maximum Gasteiger partial charge on any atom is 0.269 e. The fourth-order valence-corrected chi connectivity index (χ4v) is 2.71. The van der Waals surface area contributed by atoms with Crippen molar-refractivity contribution in [3.05, 3.63) is 81.3 Å². The predicted octanol–water partition coefficient (Wildman–Crippen LogP) is 3.54. The summed E-state index contributed by atoms with van der Waals surface area (Å²) < 4.78 is 13.3. The molecule has 1 heterocycles. The molecule has 2 aromatic rings. The summed E-state index contributed by atoms with van der Waals surface area (Å²) in [6.07, 6.45) is 2.19. The Balaban J connectivity index is 2.03. The van der Waals surface area contributed by atoms with Gasteiger partial charge >= 0.3 is 0 Å². The minimum absolute atomic E-state index is 0.0530. The van der Waals surface area contributed by atoms with E-state index in [0.717, 1.165) is 6.07 Å². The summed E-state index contributed by atoms with van der Waals surface area (Å²) in [6.45, 7) is 0. The van der Waals surface area contributed by atoms with E-state index in [1.54, 1.807) is 12.1 Å². The average Bonchev–Trinajstić information content (AvgIpc) is 2.55. The van der Waals surface area contributed by atoms with E-state index in [9.17, 15) is 19.3 Å². The fourth-order valence-electron chi connectivity index (χ4n) is 2.45. The molecule has 0 spiro atoms. The third-order valence-electron chi connectivity index (χ3n) is 3.56. The van der Waals surface area contributed by atoms with E-state index in [0.29, 0.717) is 11.3 Å². The number of benzene rings is 2. The third-order valence-corrected chi connectivity index (χ3v) is 3.87. The Morgan fingerprint density at radius 2 is 1.92 bits per heavy atom. The molecule has 24 heavy (non-hydrogen) atoms. The molecular weight excluding hydrogens is 337 g/mol. The van der Waals surface area contributed by atoms with Crippen molar-refractivity contribution in [3.63, 3.8) is 0 Å². The van der Waals surface area contributed by atoms with Gasteiger partial charge in [0.1, 0.15) is 12.0 Å². The lowest BCUT2D eigenvalue weighted by Gasteiger charge is -2.34. The summed E-state index contributed by atoms with van der Waals surface area (Å²) in [6, 6.07) is 9.54. The van der Waals surface area contributed by atoms with Crippen LogP contribution in [0.4, 0.5) is 15.8 Å². The van der Waals surface area contributed by atoms with Gasteiger partial charge in [0.2, 0.25) is 0 Å². The number of rotatable bonds is 3. The molecule has 1 atom stereocenters. The average molecular weight is 348 g/mol. The van der Waals surface area contributed by atoms with Crippen LogP contribution in [0.5, 0.6) is 0 Å². The monoisotopic (exact) mass is 347 g/mol. The smallest absolute Gasteiger partial charge is 0.269 e. The van der Waals surface area contributed by atoms with Gasteiger partial charge in [0.15, 0.2) is 0 Å². The van der Waals surface area contributed by atoms with Gasteiger partial charge in [0, 0.05) is 24.4 Å². The Kier molecular flexibility index (Phi) is 4.18. The number of nitrogens with zero attached hydrogens (tertiary/aromatic N) is 2. The van der Waals surface area contributed by atoms with Gasteiger partial charge in [-0.2, -0.15) is 0 Å². The number of non-ortho nitro benzene ring substituents is 1. The lowest BCUT2D eigenvalue weighted by Crippen LogP contribution is -2.43. The topological polar surface area (TPSA) is 75.5 Å². The van der Waals surface area contributed by atoms with Crippen molar-refractivity contribution in [2.75, 3.05) is 4.90 Å². The van der Waals surface area contributed by atoms with Crippen molar-refractivity contribution in [1.82, 2.24) is 5.32 Å². The first-order valence-corrected chi connectivity index (χ1v) is 7.30. The SMILES string of the molecule is O=C1C=CNC(c2ccc([N+](=O)[O-])cc2)N1c1ccc(F)cc1Cl. The molecular formula is C16H11ClFN3O3. The highest BCUT2D eigenvalue weighted by Gasteiger charge is 2.29. The van der Waals surface area contributed by atoms with Crippen LogP contribution in [0.2, 0.25) is 5.02 Å². The van der Waals surface area contributed by atoms with Crippen molar-refractivity contribution < 1.29 is 14.1 Å². The van der Waals surface area contributed by atoms with E-state index in [2.05, 4.69) is 5.32 Å². The van der Waals surface area contributed by atoms with Crippen LogP contribution in [0.25, 0.3) is 0 Å². The summed E-state index contributed by atoms with van der Waals surface area (Å²) in [7, 11) is 0. The molecule has 0 fully saturated rings. The van der Waals surface area contributed by atoms with Crippen LogP contribution in [-0.2, 0) is 4.79 Å². The van der Waals surface area contributed by atoms with Crippen molar-refractivity contribution in [2.45, 2.75) is 6.17 Å². The van der Waals surface area contributed by atoms with Crippen LogP contribution < -0.4 is 10.2 Å². The van der Waals surface area contributed by atoms with Crippen LogP contribution >= 0.6 is 11.6 Å². The first-order chi connectivity index (χ1) is 11.5. The molecule has 0 bridgehead atoms. The molecule has 0 saturated heterocycles. The maximum atomic E-state index is 13.3. The molecule has 1 aliphatic rings. The third kappa shape index (κ3) is 2.93. The number of nitro groups is 1. The zero-order valence-corrected chi connectivity index (χ0v) is 12.9. The molecule has 2 aromatic carbocycles. The zero-order valence-electron chi connectivity index (χ0n) is 12.1. The Bertz CT molecular complexity index is 839. The minimum atomic E-state index is -0.619. The molecule has 1 unspecified atom stereocenters. The first-order valence-electron chi connectivity index (χ1n) is 6.92. The Morgan fingerprint density at radius 3 is 2.54 bits per heavy atom. The van der Waals surface area contributed by atoms with Crippen molar-refractivity contribution >= 4 is 28.9 Å². The molecule has 0 aliphatic carbocycles. The van der Waals surface area contributed by atoms with Crippen LogP contribution in [0, 0.1) is 15.9 Å². The number of hydrogen-bond donors (Lipinski definition) is 1. The lowest BCUT2D eigenvalue weighted by molar-refractivity contribution is -0.384. The van der Waals surface area contributed by atoms with Gasteiger partial charge in [-0.1, -0.05) is 11.6 Å². The van der Waals surface area contributed by atoms with Crippen LogP contribution in [0.3, 0.4) is 0 Å². The largest absolute Gasteiger partial charge is 0.367 e. The molecule has 3 rings (SSSR count). The second kappa shape index (κ2) is 6.29. The Morgan fingerprint density at radius 1 is 1.21 bits per heavy atom. The summed E-state index contributed by atoms with van der Waals surface area (Å²) in [5.41, 5.74) is 0.907. The molecule has 1 N–H and O–H groups in total. The van der Waals surface area contributed by atoms with E-state index in [-0.39, 0.29) is 16.6 Å². The number of amides is 1. The van der Waals surface area contributed by atoms with Crippen LogP contribution in [0.15, 0.2) is 54.7 Å². The van der Waals surface area contributed by atoms with E-state index in [4.69, 9.17) is 11.6 Å². The van der Waals surface area contributed by atoms with E-state index in [1.165, 1.54) is 41.4 Å². The highest BCUT2D eigenvalue weighted by molar-refractivity contribution is 6.34. The number of nitro benzene ring substituents is 1. The zero-order chi connectivity index (χ0) is 17.3. The van der Waals surface area contributed by atoms with Gasteiger partial charge in [0.05, 0.1) is 15.6 Å². The molecule has 8 heteroatoms. The second-order valence-corrected chi connectivity index (χ2v) is 5.46. The van der Waals surface area contributed by atoms with Crippen molar-refractivity contribution in [3.8, 4) is 0 Å². The first kappa shape index (κ1) is 15.9. The fraction of sp³-hybridized carbons (Fsp3) is 0.0625. The maximum absolute atomic E-state index is 13.3. The van der Waals surface area contributed by atoms with Gasteiger partial charge in [-0.3, -0.25) is 19.8 Å². The second-order valence-electron chi connectivity index (χ2n) is 5.06. The standard InChI is InChI=1S/C16H11ClFN3O3/c17-13-9-11(18)3-6-14(13)20-15(22)7-8-19-16(20)10-1-4-12(5-2-10)21(23)24/h1-9,16,19H. The number of hydrogen-bond acceptors (Lipinski definition) is 4. The van der Waals surface area contributed by atoms with Gasteiger partial charge in [-0.25, -0.2) is 4.39 Å². The minimum Gasteiger partial charge on any atom is -0.367 e. The Labute approximate surface area is 141 Å². The summed E-state index contributed by atoms with van der Waals surface area (Å²) in [5, 5.41) is 13.9. The summed E-state index contributed by atoms with van der Waals surface area (Å²) in [4.78, 5) is 24.0. The van der Waals surface area contributed by atoms with Gasteiger partial charge in [-0.05, 0) is 35.9 Å². The Hall–Kier alpha value is -2.93. The number of halogens is 2. The summed E-state index contributed by atoms with van der Waals surface area (Å²) >= 11 is 6.07. The summed E-state index contributed by atoms with van der Waals surface area (Å²) in [5.74, 6) is -0.853. The van der Waals surface area contributed by atoms with Crippen molar-refractivity contribution in [1.29, 1.82) is 0 Å². The van der Waals surface area contributed by atoms with Gasteiger partial charge in [0.25, 0.3) is 11.6 Å². The molecule has 122 valence electrons. The quantitative estimate of drug-likeness (QED) is 0.680. The van der Waals surface area contributed by atoms with E-state index in [1.807, 2.05) is 0 Å². The lowest BCUT2D eigenvalue weighted by atomic mass is 10.1.